The highest BCUT2D eigenvalue weighted by Crippen LogP contribution is 2.12. The summed E-state index contributed by atoms with van der Waals surface area (Å²) in [5.41, 5.74) is 10.9. The minimum absolute atomic E-state index is 0.0789. The molecule has 136 valence electrons. The second kappa shape index (κ2) is 11.2. The maximum Gasteiger partial charge on any atom is 0.338 e. The van der Waals surface area contributed by atoms with Gasteiger partial charge in [-0.15, -0.1) is 0 Å². The minimum Gasteiger partial charge on any atom is -0.748 e. The molecule has 4 N–H and O–H groups in total. The lowest BCUT2D eigenvalue weighted by Gasteiger charge is -2.05. The maximum absolute atomic E-state index is 11.7. The molecule has 0 heterocycles. The van der Waals surface area contributed by atoms with Crippen molar-refractivity contribution in [1.82, 2.24) is 0 Å². The lowest BCUT2D eigenvalue weighted by atomic mass is 10.2. The van der Waals surface area contributed by atoms with Crippen LogP contribution < -0.4 is 16.2 Å². The first-order valence-corrected chi connectivity index (χ1v) is 8.72. The summed E-state index contributed by atoms with van der Waals surface area (Å²) in [4.78, 5) is 15.5. The van der Waals surface area contributed by atoms with Crippen LogP contribution in [0.2, 0.25) is 0 Å². The summed E-state index contributed by atoms with van der Waals surface area (Å²) in [6.45, 7) is 0.896. The molecule has 0 aliphatic carbocycles. The molecule has 24 heavy (non-hydrogen) atoms. The van der Waals surface area contributed by atoms with E-state index in [4.69, 9.17) is 33.9 Å². The number of methoxy groups -OCH3 is 1. The van der Waals surface area contributed by atoms with Gasteiger partial charge in [0.1, 0.15) is 5.75 Å². The molecule has 0 radical (unpaired) electrons. The first kappa shape index (κ1) is 21.7. The van der Waals surface area contributed by atoms with Gasteiger partial charge in [-0.1, -0.05) is 0 Å². The average Bonchev–Trinajstić information content (AvgIpc) is 2.48. The van der Waals surface area contributed by atoms with Crippen LogP contribution in [0.25, 0.3) is 0 Å². The predicted octanol–water partition coefficient (Wildman–Crippen LogP) is 0.0670. The van der Waals surface area contributed by atoms with Gasteiger partial charge >= 0.3 is 5.97 Å². The van der Waals surface area contributed by atoms with Crippen LogP contribution in [0.15, 0.2) is 29.3 Å². The van der Waals surface area contributed by atoms with Crippen LogP contribution in [-0.2, 0) is 14.9 Å². The third kappa shape index (κ3) is 13.3. The van der Waals surface area contributed by atoms with Gasteiger partial charge < -0.3 is 25.5 Å². The predicted molar refractivity (Wildman–Crippen MR) is 88.8 cm³/mol. The molecular weight excluding hydrogens is 338 g/mol. The van der Waals surface area contributed by atoms with Crippen molar-refractivity contribution in [2.75, 3.05) is 26.5 Å². The Balaban J connectivity index is 0.000000922. The van der Waals surface area contributed by atoms with Gasteiger partial charge in [0.05, 0.1) is 29.4 Å². The van der Waals surface area contributed by atoms with Gasteiger partial charge in [-0.25, -0.2) is 13.2 Å². The Bertz CT molecular complexity index is 616. The SMILES string of the molecule is COc1ccc(C(=O)OCCCCN=C(N)N)cc1.CS(=O)(=O)[O-]. The van der Waals surface area contributed by atoms with E-state index in [2.05, 4.69) is 4.99 Å². The number of carbonyl (C=O) groups is 1. The van der Waals surface area contributed by atoms with Crippen molar-refractivity contribution in [3.05, 3.63) is 29.8 Å². The zero-order valence-corrected chi connectivity index (χ0v) is 14.4. The van der Waals surface area contributed by atoms with Crippen LogP contribution in [0.5, 0.6) is 5.75 Å². The maximum atomic E-state index is 11.7. The molecule has 0 saturated carbocycles. The number of benzene rings is 1. The van der Waals surface area contributed by atoms with E-state index in [0.29, 0.717) is 30.7 Å². The number of unbranched alkanes of at least 4 members (excludes halogenated alkanes) is 1. The molecule has 10 heteroatoms. The Morgan fingerprint density at radius 3 is 2.21 bits per heavy atom. The van der Waals surface area contributed by atoms with Gasteiger partial charge in [-0.3, -0.25) is 4.99 Å². The van der Waals surface area contributed by atoms with Crippen LogP contribution in [-0.4, -0.2) is 51.4 Å². The summed E-state index contributed by atoms with van der Waals surface area (Å²) in [6.07, 6.45) is 2.10. The first-order valence-electron chi connectivity index (χ1n) is 6.91. The van der Waals surface area contributed by atoms with Crippen molar-refractivity contribution in [3.8, 4) is 5.75 Å². The third-order valence-corrected chi connectivity index (χ3v) is 2.41. The molecule has 0 aliphatic heterocycles. The van der Waals surface area contributed by atoms with Crippen LogP contribution in [0, 0.1) is 0 Å². The number of hydrogen-bond acceptors (Lipinski definition) is 7. The highest BCUT2D eigenvalue weighted by Gasteiger charge is 2.06. The normalized spacial score (nSPS) is 10.1. The number of guanidine groups is 1. The van der Waals surface area contributed by atoms with E-state index in [9.17, 15) is 4.79 Å². The fourth-order valence-corrected chi connectivity index (χ4v) is 1.40. The van der Waals surface area contributed by atoms with Crippen LogP contribution in [0.3, 0.4) is 0 Å². The summed E-state index contributed by atoms with van der Waals surface area (Å²) in [6, 6.07) is 6.77. The van der Waals surface area contributed by atoms with Gasteiger partial charge in [-0.2, -0.15) is 0 Å². The number of nitrogens with two attached hydrogens (primary N) is 2. The number of ether oxygens (including phenoxy) is 2. The summed E-state index contributed by atoms with van der Waals surface area (Å²) in [5.74, 6) is 0.438. The molecule has 0 atom stereocenters. The van der Waals surface area contributed by atoms with Gasteiger partial charge in [0.25, 0.3) is 0 Å². The number of aliphatic imine (C=N–C) groups is 1. The second-order valence-electron chi connectivity index (χ2n) is 4.58. The van der Waals surface area contributed by atoms with Crippen molar-refractivity contribution in [3.63, 3.8) is 0 Å². The van der Waals surface area contributed by atoms with E-state index in [1.54, 1.807) is 31.4 Å². The summed E-state index contributed by atoms with van der Waals surface area (Å²) in [7, 11) is -2.34. The number of rotatable bonds is 7. The molecular formula is C14H22N3O6S-. The lowest BCUT2D eigenvalue weighted by Crippen LogP contribution is -2.23. The zero-order valence-electron chi connectivity index (χ0n) is 13.6. The molecule has 0 aromatic heterocycles. The highest BCUT2D eigenvalue weighted by molar-refractivity contribution is 7.84. The van der Waals surface area contributed by atoms with Crippen LogP contribution in [0.4, 0.5) is 0 Å². The van der Waals surface area contributed by atoms with Gasteiger partial charge in [0, 0.05) is 12.8 Å². The Labute approximate surface area is 141 Å². The molecule has 0 fully saturated rings. The smallest absolute Gasteiger partial charge is 0.338 e. The summed E-state index contributed by atoms with van der Waals surface area (Å²) < 4.78 is 37.4. The zero-order chi connectivity index (χ0) is 18.6. The van der Waals surface area contributed by atoms with E-state index < -0.39 is 10.1 Å². The molecule has 1 aromatic rings. The van der Waals surface area contributed by atoms with Crippen molar-refractivity contribution in [2.45, 2.75) is 12.8 Å². The molecule has 0 bridgehead atoms. The first-order chi connectivity index (χ1) is 11.1. The number of carbonyl (C=O) groups excluding carboxylic acids is 1. The highest BCUT2D eigenvalue weighted by atomic mass is 32.2. The Kier molecular flexibility index (Phi) is 10.2. The topological polar surface area (TPSA) is 157 Å². The fraction of sp³-hybridized carbons (Fsp3) is 0.429. The standard InChI is InChI=1S/C13H19N3O3.CH4O3S/c1-18-11-6-4-10(5-7-11)12(17)19-9-3-2-8-16-13(14)15;1-5(2,3)4/h4-7H,2-3,8-9H2,1H3,(H4,14,15,16);1H3,(H,2,3,4)/p-1. The second-order valence-corrected chi connectivity index (χ2v) is 5.99. The molecule has 0 spiro atoms. The van der Waals surface area contributed by atoms with Crippen LogP contribution in [0.1, 0.15) is 23.2 Å². The Hall–Kier alpha value is -2.33. The lowest BCUT2D eigenvalue weighted by molar-refractivity contribution is 0.0499. The number of nitrogens with zero attached hydrogens (tertiary/aromatic N) is 1. The van der Waals surface area contributed by atoms with Crippen molar-refractivity contribution in [2.24, 2.45) is 16.5 Å². The van der Waals surface area contributed by atoms with Gasteiger partial charge in [0.2, 0.25) is 0 Å². The molecule has 1 rings (SSSR count). The van der Waals surface area contributed by atoms with Gasteiger partial charge in [0.15, 0.2) is 5.96 Å². The summed E-state index contributed by atoms with van der Waals surface area (Å²) >= 11 is 0. The fourth-order valence-electron chi connectivity index (χ4n) is 1.40. The number of esters is 1. The quantitative estimate of drug-likeness (QED) is 0.227. The van der Waals surface area contributed by atoms with E-state index in [0.717, 1.165) is 12.8 Å². The Morgan fingerprint density at radius 1 is 1.21 bits per heavy atom. The largest absolute Gasteiger partial charge is 0.748 e. The molecule has 9 nitrogen and oxygen atoms in total. The third-order valence-electron chi connectivity index (χ3n) is 2.41. The van der Waals surface area contributed by atoms with Crippen molar-refractivity contribution >= 4 is 22.0 Å². The summed E-state index contributed by atoms with van der Waals surface area (Å²) in [5, 5.41) is 0. The van der Waals surface area contributed by atoms with Crippen molar-refractivity contribution < 1.29 is 27.2 Å². The minimum atomic E-state index is -3.92. The van der Waals surface area contributed by atoms with E-state index in [1.807, 2.05) is 0 Å². The molecule has 0 amide bonds. The van der Waals surface area contributed by atoms with E-state index in [-0.39, 0.29) is 11.9 Å². The molecule has 0 aliphatic rings. The van der Waals surface area contributed by atoms with Crippen LogP contribution >= 0.6 is 0 Å². The Morgan fingerprint density at radius 2 is 1.75 bits per heavy atom. The monoisotopic (exact) mass is 360 g/mol. The molecule has 0 saturated heterocycles. The van der Waals surface area contributed by atoms with Crippen molar-refractivity contribution in [1.29, 1.82) is 0 Å². The van der Waals surface area contributed by atoms with E-state index in [1.165, 1.54) is 0 Å². The number of hydrogen-bond donors (Lipinski definition) is 2. The van der Waals surface area contributed by atoms with E-state index >= 15 is 0 Å². The molecule has 1 aromatic carbocycles. The molecule has 0 unspecified atom stereocenters. The van der Waals surface area contributed by atoms with Gasteiger partial charge in [-0.05, 0) is 37.1 Å². The average molecular weight is 360 g/mol.